The molecule has 7 nitrogen and oxygen atoms in total. The first-order chi connectivity index (χ1) is 16.7. The van der Waals surface area contributed by atoms with E-state index in [2.05, 4.69) is 43.0 Å². The third-order valence-corrected chi connectivity index (χ3v) is 7.91. The summed E-state index contributed by atoms with van der Waals surface area (Å²) in [4.78, 5) is 42.8. The van der Waals surface area contributed by atoms with E-state index in [0.717, 1.165) is 18.8 Å². The highest BCUT2D eigenvalue weighted by Gasteiger charge is 2.37. The van der Waals surface area contributed by atoms with Crippen molar-refractivity contribution in [1.82, 2.24) is 0 Å². The molecule has 0 bridgehead atoms. The van der Waals surface area contributed by atoms with Crippen molar-refractivity contribution in [3.8, 4) is 0 Å². The van der Waals surface area contributed by atoms with E-state index in [1.807, 2.05) is 48.5 Å². The largest absolute Gasteiger partial charge is 0.469 e. The van der Waals surface area contributed by atoms with Crippen LogP contribution >= 0.6 is 0 Å². The summed E-state index contributed by atoms with van der Waals surface area (Å²) in [5, 5.41) is 0. The van der Waals surface area contributed by atoms with Crippen LogP contribution in [0.3, 0.4) is 0 Å². The lowest BCUT2D eigenvalue weighted by Gasteiger charge is -2.21. The Morgan fingerprint density at radius 1 is 0.838 bits per heavy atom. The van der Waals surface area contributed by atoms with Crippen LogP contribution in [0.1, 0.15) is 95.4 Å². The van der Waals surface area contributed by atoms with E-state index in [0.29, 0.717) is 0 Å². The van der Waals surface area contributed by atoms with Crippen molar-refractivity contribution in [2.45, 2.75) is 127 Å². The molecule has 0 saturated carbocycles. The Bertz CT molecular complexity index is 659. The van der Waals surface area contributed by atoms with Gasteiger partial charge in [0, 0.05) is 8.07 Å². The number of cyclic esters (lactones) is 2. The molecule has 1 heterocycles. The third-order valence-electron chi connectivity index (χ3n) is 5.99. The predicted molar refractivity (Wildman–Crippen MR) is 154 cm³/mol. The van der Waals surface area contributed by atoms with Gasteiger partial charge in [0.25, 0.3) is 0 Å². The summed E-state index contributed by atoms with van der Waals surface area (Å²) >= 11 is 0. The van der Waals surface area contributed by atoms with Crippen molar-refractivity contribution >= 4 is 32.0 Å². The number of ether oxygens (including phenoxy) is 3. The molecule has 0 spiro atoms. The minimum Gasteiger partial charge on any atom is -0.469 e. The second-order valence-corrected chi connectivity index (χ2v) is 17.8. The maximum absolute atomic E-state index is 11.2. The Morgan fingerprint density at radius 3 is 1.38 bits per heavy atom. The molecule has 1 saturated heterocycles. The zero-order valence-electron chi connectivity index (χ0n) is 26.6. The van der Waals surface area contributed by atoms with Gasteiger partial charge in [0.2, 0.25) is 0 Å². The Kier molecular flexibility index (Phi) is 20.8. The fourth-order valence-electron chi connectivity index (χ4n) is 2.82. The minimum atomic E-state index is -0.741. The van der Waals surface area contributed by atoms with Crippen LogP contribution in [0, 0.1) is 29.6 Å². The second-order valence-electron chi connectivity index (χ2n) is 12.3. The lowest BCUT2D eigenvalue weighted by atomic mass is 10.00. The zero-order valence-corrected chi connectivity index (χ0v) is 27.6. The Hall–Kier alpha value is -1.70. The summed E-state index contributed by atoms with van der Waals surface area (Å²) in [5.41, 5.74) is -0.347. The van der Waals surface area contributed by atoms with Crippen LogP contribution < -0.4 is 0 Å². The standard InChI is InChI=1S/C9H18O2.C8H20Si.C6H8O3.C6H12O2/c1-6-7(2)8(10)11-9(3,4)5;1-6-8(2)7-9(3,4)5;1-3-4(2)6(8)9-5(3)7;1-4-5(2)6(7)8-3/h7H,6H2,1-5H3;8H,6-7H2,1-5H3;3-4H,1-2H3;5H,4H2,1-3H3. The normalized spacial score (nSPS) is 19.3. The maximum atomic E-state index is 11.2. The minimum absolute atomic E-state index is 0.0224. The van der Waals surface area contributed by atoms with Gasteiger partial charge in [-0.2, -0.15) is 0 Å². The van der Waals surface area contributed by atoms with Gasteiger partial charge < -0.3 is 14.2 Å². The first kappa shape index (κ1) is 39.8. The quantitative estimate of drug-likeness (QED) is 0.143. The Labute approximate surface area is 228 Å². The SMILES string of the molecule is CC1C(=O)OC(=O)C1C.CCC(C)C(=O)OC.CCC(C)C(=O)OC(C)(C)C.CCC(C)C[Si](C)(C)C. The van der Waals surface area contributed by atoms with Gasteiger partial charge in [0.15, 0.2) is 0 Å². The molecular weight excluding hydrogens is 488 g/mol. The van der Waals surface area contributed by atoms with Crippen LogP contribution in [0.4, 0.5) is 0 Å². The molecule has 5 unspecified atom stereocenters. The van der Waals surface area contributed by atoms with E-state index in [4.69, 9.17) is 4.74 Å². The van der Waals surface area contributed by atoms with Crippen molar-refractivity contribution in [3.05, 3.63) is 0 Å². The summed E-state index contributed by atoms with van der Waals surface area (Å²) in [6.07, 6.45) is 3.05. The molecule has 0 N–H and O–H groups in total. The van der Waals surface area contributed by atoms with Gasteiger partial charge in [0.1, 0.15) is 5.60 Å². The van der Waals surface area contributed by atoms with Crippen molar-refractivity contribution in [2.75, 3.05) is 7.11 Å². The number of hydrogen-bond acceptors (Lipinski definition) is 7. The van der Waals surface area contributed by atoms with Crippen molar-refractivity contribution in [2.24, 2.45) is 29.6 Å². The van der Waals surface area contributed by atoms with Crippen LogP contribution in [0.5, 0.6) is 0 Å². The van der Waals surface area contributed by atoms with Gasteiger partial charge in [0.05, 0.1) is 30.8 Å². The molecular formula is C29H58O7Si. The van der Waals surface area contributed by atoms with E-state index in [9.17, 15) is 19.2 Å². The number of carbonyl (C=O) groups is 4. The molecule has 8 heteroatoms. The molecule has 220 valence electrons. The number of esters is 4. The highest BCUT2D eigenvalue weighted by Crippen LogP contribution is 2.21. The molecule has 0 aromatic rings. The number of methoxy groups -OCH3 is 1. The van der Waals surface area contributed by atoms with Crippen LogP contribution in [-0.4, -0.2) is 44.7 Å². The van der Waals surface area contributed by atoms with Crippen LogP contribution in [0.2, 0.25) is 25.7 Å². The summed E-state index contributed by atoms with van der Waals surface area (Å²) in [6, 6.07) is 1.49. The molecule has 5 atom stereocenters. The average Bonchev–Trinajstić information content (AvgIpc) is 3.01. The van der Waals surface area contributed by atoms with Crippen molar-refractivity contribution in [1.29, 1.82) is 0 Å². The van der Waals surface area contributed by atoms with Crippen LogP contribution in [0.15, 0.2) is 0 Å². The Balaban J connectivity index is -0.000000419. The maximum Gasteiger partial charge on any atom is 0.317 e. The molecule has 37 heavy (non-hydrogen) atoms. The average molecular weight is 547 g/mol. The topological polar surface area (TPSA) is 96.0 Å². The molecule has 1 aliphatic heterocycles. The lowest BCUT2D eigenvalue weighted by molar-refractivity contribution is -0.159. The number of rotatable bonds is 7. The van der Waals surface area contributed by atoms with E-state index < -0.39 is 20.0 Å². The highest BCUT2D eigenvalue weighted by molar-refractivity contribution is 6.76. The molecule has 1 fully saturated rings. The summed E-state index contributed by atoms with van der Waals surface area (Å²) < 4.78 is 13.9. The molecule has 1 rings (SSSR count). The molecule has 0 aliphatic carbocycles. The highest BCUT2D eigenvalue weighted by atomic mass is 28.3. The summed E-state index contributed by atoms with van der Waals surface area (Å²) in [5.74, 6) is -0.478. The molecule has 0 aromatic carbocycles. The molecule has 0 aromatic heterocycles. The lowest BCUT2D eigenvalue weighted by Crippen LogP contribution is -2.27. The smallest absolute Gasteiger partial charge is 0.317 e. The van der Waals surface area contributed by atoms with Gasteiger partial charge >= 0.3 is 23.9 Å². The fourth-order valence-corrected chi connectivity index (χ4v) is 5.20. The first-order valence-electron chi connectivity index (χ1n) is 13.7. The summed E-state index contributed by atoms with van der Waals surface area (Å²) in [6.45, 7) is 28.7. The van der Waals surface area contributed by atoms with Crippen molar-refractivity contribution in [3.63, 3.8) is 0 Å². The van der Waals surface area contributed by atoms with Gasteiger partial charge in [-0.1, -0.05) is 87.5 Å². The molecule has 0 amide bonds. The van der Waals surface area contributed by atoms with Crippen LogP contribution in [0.25, 0.3) is 0 Å². The van der Waals surface area contributed by atoms with E-state index in [1.165, 1.54) is 19.6 Å². The predicted octanol–water partition coefficient (Wildman–Crippen LogP) is 7.29. The molecule has 1 aliphatic rings. The van der Waals surface area contributed by atoms with Crippen molar-refractivity contribution < 1.29 is 33.4 Å². The summed E-state index contributed by atoms with van der Waals surface area (Å²) in [7, 11) is 0.670. The third kappa shape index (κ3) is 22.0. The van der Waals surface area contributed by atoms with Gasteiger partial charge in [-0.05, 0) is 39.5 Å². The fraction of sp³-hybridized carbons (Fsp3) is 0.862. The monoisotopic (exact) mass is 546 g/mol. The van der Waals surface area contributed by atoms with Gasteiger partial charge in [-0.25, -0.2) is 0 Å². The van der Waals surface area contributed by atoms with Gasteiger partial charge in [-0.3, -0.25) is 19.2 Å². The van der Waals surface area contributed by atoms with Crippen LogP contribution in [-0.2, 0) is 33.4 Å². The number of carbonyl (C=O) groups excluding carboxylic acids is 4. The zero-order chi connectivity index (χ0) is 30.1. The van der Waals surface area contributed by atoms with E-state index >= 15 is 0 Å². The van der Waals surface area contributed by atoms with E-state index in [1.54, 1.807) is 13.8 Å². The van der Waals surface area contributed by atoms with E-state index in [-0.39, 0.29) is 41.2 Å². The van der Waals surface area contributed by atoms with Gasteiger partial charge in [-0.15, -0.1) is 0 Å². The molecule has 0 radical (unpaired) electrons. The Morgan fingerprint density at radius 2 is 1.22 bits per heavy atom. The first-order valence-corrected chi connectivity index (χ1v) is 17.4. The number of hydrogen-bond donors (Lipinski definition) is 0. The second kappa shape index (κ2) is 19.4.